The van der Waals surface area contributed by atoms with Crippen LogP contribution in [0.25, 0.3) is 134 Å². The third-order valence-corrected chi connectivity index (χ3v) is 31.9. The lowest BCUT2D eigenvalue weighted by Gasteiger charge is -2.23. The van der Waals surface area contributed by atoms with Crippen LogP contribution in [0.5, 0.6) is 0 Å². The van der Waals surface area contributed by atoms with Gasteiger partial charge in [0.2, 0.25) is 0 Å². The molecule has 8 aromatic heterocycles. The molecule has 17 aromatic rings. The standard InChI is InChI=1S/C25H25N3.C24H24N2S.C22H23ClN2O2S.C22H23ClN2S.C21H24N2S/c1-17-8-9-24-21(12-17)23-16-27(3)11-10-25(23)28(24)15-18(2)22-14-26-13-19-6-4-5-7-20(19)22;1-16-8-9-21-19(12-16)20-15-25(3)11-10-22(20)26(21)14-17(2)24-13-18-6-4-5-7-23(18)27-24;1-15(16-5-4-6-18(11-16)28(3,26)27)13-25-21-8-7-17(23)12-19(21)20-14-24(2)10-9-22(20)25;1-15(16-5-4-6-18(11-16)26-3)13-25-21-8-7-17(23)12-19(21)20-14-24(2)10-9-22(20)25;1-14-5-6-19-17(9-14)18-12-22(4)8-7-20(18)23(19)11-16(3)21-10-15(2)13-24-21/h4-9,12-15H,10-11,16H2,1-3H3;4-9,12-14H,10-11,15H2,1-3H3;4-8,11-13H,9-10,14H2,1-3H3;4-8,11-13H,9-10,14H2,1-3H3;5-6,9-11,13H,7-8,12H2,1-4H3/b18-15+;17-14-;2*15-13+;16-11-. The van der Waals surface area contributed by atoms with E-state index in [2.05, 4.69) is 343 Å². The third kappa shape index (κ3) is 19.6. The molecule has 0 fully saturated rings. The molecular formula is C114H119Cl2N11O2S4. The van der Waals surface area contributed by atoms with Crippen LogP contribution in [0.2, 0.25) is 10.0 Å². The normalized spacial score (nSPS) is 15.6. The molecule has 133 heavy (non-hydrogen) atoms. The molecule has 0 N–H and O–H groups in total. The largest absolute Gasteiger partial charge is 0.320 e. The van der Waals surface area contributed by atoms with E-state index < -0.39 is 9.84 Å². The summed E-state index contributed by atoms with van der Waals surface area (Å²) in [5, 5.41) is 14.2. The number of hydrogen-bond acceptors (Lipinski definition) is 11. The third-order valence-electron chi connectivity index (χ3n) is 27.2. The maximum Gasteiger partial charge on any atom is 0.175 e. The molecule has 13 heterocycles. The number of halogens is 2. The van der Waals surface area contributed by atoms with Crippen LogP contribution in [0, 0.1) is 27.7 Å². The van der Waals surface area contributed by atoms with Crippen molar-refractivity contribution in [1.29, 1.82) is 0 Å². The average molecular weight is 1870 g/mol. The van der Waals surface area contributed by atoms with Crippen LogP contribution in [0.4, 0.5) is 0 Å². The Hall–Kier alpha value is -10.9. The van der Waals surface area contributed by atoms with Gasteiger partial charge in [-0.1, -0.05) is 125 Å². The summed E-state index contributed by atoms with van der Waals surface area (Å²) in [6.45, 7) is 30.0. The van der Waals surface area contributed by atoms with Gasteiger partial charge in [0.1, 0.15) is 0 Å². The summed E-state index contributed by atoms with van der Waals surface area (Å²) in [4.78, 5) is 20.8. The molecular weight excluding hydrogens is 1750 g/mol. The first-order valence-corrected chi connectivity index (χ1v) is 51.8. The predicted molar refractivity (Wildman–Crippen MR) is 574 cm³/mol. The zero-order valence-electron chi connectivity index (χ0n) is 79.4. The second-order valence-electron chi connectivity index (χ2n) is 37.4. The Morgan fingerprint density at radius 3 is 1.18 bits per heavy atom. The molecule has 680 valence electrons. The van der Waals surface area contributed by atoms with E-state index in [1.807, 2.05) is 66.3 Å². The minimum Gasteiger partial charge on any atom is -0.320 e. The zero-order valence-corrected chi connectivity index (χ0v) is 84.2. The summed E-state index contributed by atoms with van der Waals surface area (Å²) in [6, 6.07) is 70.5. The molecule has 19 heteroatoms. The molecule has 5 aliphatic rings. The van der Waals surface area contributed by atoms with Crippen LogP contribution in [-0.2, 0) is 74.7 Å². The number of thiophene rings is 2. The van der Waals surface area contributed by atoms with Crippen molar-refractivity contribution in [2.75, 3.05) is 80.5 Å². The zero-order chi connectivity index (χ0) is 92.9. The number of sulfone groups is 1. The van der Waals surface area contributed by atoms with E-state index in [0.717, 1.165) is 124 Å². The molecule has 0 radical (unpaired) electrons. The van der Waals surface area contributed by atoms with E-state index >= 15 is 0 Å². The van der Waals surface area contributed by atoms with Crippen LogP contribution < -0.4 is 0 Å². The van der Waals surface area contributed by atoms with E-state index in [9.17, 15) is 8.42 Å². The highest BCUT2D eigenvalue weighted by atomic mass is 35.5. The SMILES string of the molecule is C/C(=C/n1c2c(c3cc(C)ccc31)CN(C)CC2)c1cc(C)cs1.C/C(=C/n1c2c(c3cc(C)ccc31)CN(C)CC2)c1cc2ccccc2s1.C/C(=C\n1c2c(c3cc(C)ccc31)CN(C)CC2)c1cncc2ccccc12.C/C(=C\n1c2c(c3cc(Cl)ccc31)CN(C)CC2)c1cccc(S(C)(=O)=O)c1.CSc1cccc(/C(C)=C/n2c3c(c4cc(Cl)ccc42)CN(C)CC3)c1. The number of aryl methyl sites for hydroxylation is 4. The Kier molecular flexibility index (Phi) is 27.3. The van der Waals surface area contributed by atoms with Crippen LogP contribution in [0.3, 0.4) is 0 Å². The van der Waals surface area contributed by atoms with E-state index in [-0.39, 0.29) is 0 Å². The van der Waals surface area contributed by atoms with Crippen molar-refractivity contribution in [3.05, 3.63) is 333 Å². The molecule has 0 saturated heterocycles. The van der Waals surface area contributed by atoms with E-state index in [1.165, 1.54) is 203 Å². The van der Waals surface area contributed by atoms with Crippen molar-refractivity contribution in [2.45, 2.75) is 137 Å². The van der Waals surface area contributed by atoms with Gasteiger partial charge in [-0.15, -0.1) is 34.4 Å². The lowest BCUT2D eigenvalue weighted by atomic mass is 10.0. The lowest BCUT2D eigenvalue weighted by Crippen LogP contribution is -2.26. The van der Waals surface area contributed by atoms with Gasteiger partial charge in [0.15, 0.2) is 9.84 Å². The maximum absolute atomic E-state index is 11.9. The first-order valence-electron chi connectivity index (χ1n) is 46.2. The van der Waals surface area contributed by atoms with E-state index in [4.69, 9.17) is 23.2 Å². The van der Waals surface area contributed by atoms with Crippen molar-refractivity contribution < 1.29 is 8.42 Å². The van der Waals surface area contributed by atoms with Gasteiger partial charge in [-0.05, 0) is 308 Å². The fraction of sp³-hybridized carbons (Fsp3) is 0.272. The second-order valence-corrected chi connectivity index (χ2v) is 43.2. The number of aromatic nitrogens is 6. The van der Waals surface area contributed by atoms with Crippen LogP contribution in [0.15, 0.2) is 228 Å². The number of nitrogens with zero attached hydrogens (tertiary/aromatic N) is 11. The number of fused-ring (bicyclic) bond motifs is 17. The van der Waals surface area contributed by atoms with Crippen molar-refractivity contribution >= 4 is 202 Å². The number of pyridine rings is 1. The molecule has 0 bridgehead atoms. The summed E-state index contributed by atoms with van der Waals surface area (Å²) in [6.07, 6.45) is 24.0. The molecule has 0 aliphatic carbocycles. The monoisotopic (exact) mass is 1870 g/mol. The van der Waals surface area contributed by atoms with Crippen molar-refractivity contribution in [1.82, 2.24) is 52.3 Å². The van der Waals surface area contributed by atoms with Gasteiger partial charge < -0.3 is 47.3 Å². The van der Waals surface area contributed by atoms with Gasteiger partial charge in [-0.2, -0.15) is 0 Å². The van der Waals surface area contributed by atoms with Crippen LogP contribution in [0.1, 0.15) is 140 Å². The molecule has 13 nitrogen and oxygen atoms in total. The molecule has 0 spiro atoms. The van der Waals surface area contributed by atoms with Crippen molar-refractivity contribution in [2.24, 2.45) is 0 Å². The van der Waals surface area contributed by atoms with Gasteiger partial charge >= 0.3 is 0 Å². The van der Waals surface area contributed by atoms with Gasteiger partial charge in [-0.3, -0.25) is 4.98 Å². The predicted octanol–water partition coefficient (Wildman–Crippen LogP) is 27.7. The fourth-order valence-electron chi connectivity index (χ4n) is 20.1. The number of rotatable bonds is 12. The van der Waals surface area contributed by atoms with Gasteiger partial charge in [-0.25, -0.2) is 8.42 Å². The first kappa shape index (κ1) is 92.6. The maximum atomic E-state index is 11.9. The molecule has 9 aromatic carbocycles. The van der Waals surface area contributed by atoms with Crippen molar-refractivity contribution in [3.63, 3.8) is 0 Å². The van der Waals surface area contributed by atoms with E-state index in [1.54, 1.807) is 30.0 Å². The minimum absolute atomic E-state index is 0.338. The van der Waals surface area contributed by atoms with Crippen LogP contribution in [-0.4, -0.2) is 141 Å². The second kappa shape index (κ2) is 39.2. The van der Waals surface area contributed by atoms with Crippen molar-refractivity contribution in [3.8, 4) is 0 Å². The van der Waals surface area contributed by atoms with E-state index in [0.29, 0.717) is 4.90 Å². The summed E-state index contributed by atoms with van der Waals surface area (Å²) in [5.41, 5.74) is 35.6. The van der Waals surface area contributed by atoms with Gasteiger partial charge in [0.25, 0.3) is 0 Å². The first-order chi connectivity index (χ1) is 64.0. The number of likely N-dealkylation sites (N-methyl/N-ethyl adjacent to an activating group) is 5. The van der Waals surface area contributed by atoms with Crippen LogP contribution >= 0.6 is 57.6 Å². The quantitative estimate of drug-likeness (QED) is 0.111. The molecule has 5 aliphatic heterocycles. The summed E-state index contributed by atoms with van der Waals surface area (Å²) in [7, 11) is 7.74. The highest BCUT2D eigenvalue weighted by Gasteiger charge is 2.29. The summed E-state index contributed by atoms with van der Waals surface area (Å²) in [5.74, 6) is 0. The number of thioether (sulfide) groups is 1. The van der Waals surface area contributed by atoms with Gasteiger partial charge in [0.05, 0.1) is 32.5 Å². The Balaban J connectivity index is 0.000000111. The van der Waals surface area contributed by atoms with Gasteiger partial charge in [0, 0.05) is 243 Å². The highest BCUT2D eigenvalue weighted by molar-refractivity contribution is 7.98. The average Bonchev–Trinajstić information content (AvgIpc) is 1.62. The fourth-order valence-corrected chi connectivity index (χ4v) is 23.4. The lowest BCUT2D eigenvalue weighted by molar-refractivity contribution is 0.312. The molecule has 22 rings (SSSR count). The Morgan fingerprint density at radius 1 is 0.376 bits per heavy atom. The smallest absolute Gasteiger partial charge is 0.175 e. The minimum atomic E-state index is -3.24. The molecule has 0 atom stereocenters. The molecule has 0 amide bonds. The molecule has 0 unspecified atom stereocenters. The Morgan fingerprint density at radius 2 is 0.759 bits per heavy atom. The molecule has 0 saturated carbocycles. The number of allylic oxidation sites excluding steroid dienone is 5. The Labute approximate surface area is 806 Å². The Bertz CT molecular complexity index is 7620. The topological polar surface area (TPSA) is 87.9 Å². The number of benzene rings is 9. The summed E-state index contributed by atoms with van der Waals surface area (Å²) < 4.78 is 37.1. The number of hydrogen-bond donors (Lipinski definition) is 0. The highest BCUT2D eigenvalue weighted by Crippen LogP contribution is 2.42. The summed E-state index contributed by atoms with van der Waals surface area (Å²) >= 11 is 18.1.